The molecule has 0 saturated heterocycles. The Bertz CT molecular complexity index is 374. The van der Waals surface area contributed by atoms with Crippen molar-refractivity contribution in [3.05, 3.63) is 11.7 Å². The van der Waals surface area contributed by atoms with Crippen LogP contribution in [0.2, 0.25) is 0 Å². The van der Waals surface area contributed by atoms with Crippen LogP contribution in [0, 0.1) is 0 Å². The van der Waals surface area contributed by atoms with Gasteiger partial charge in [0.2, 0.25) is 5.89 Å². The Hall–Kier alpha value is -1.15. The summed E-state index contributed by atoms with van der Waals surface area (Å²) >= 11 is 0. The van der Waals surface area contributed by atoms with E-state index in [1.807, 2.05) is 0 Å². The summed E-state index contributed by atoms with van der Waals surface area (Å²) in [6.45, 7) is -1.67. The number of nitrogens with zero attached hydrogens (tertiary/aromatic N) is 2. The molecule has 0 spiro atoms. The van der Waals surface area contributed by atoms with Crippen molar-refractivity contribution in [1.82, 2.24) is 10.1 Å². The van der Waals surface area contributed by atoms with Crippen molar-refractivity contribution < 1.29 is 27.5 Å². The molecule has 0 bridgehead atoms. The van der Waals surface area contributed by atoms with E-state index in [0.29, 0.717) is 18.7 Å². The largest absolute Gasteiger partial charge is 0.411 e. The van der Waals surface area contributed by atoms with E-state index in [-0.39, 0.29) is 24.5 Å². The molecule has 0 aliphatic heterocycles. The lowest BCUT2D eigenvalue weighted by atomic mass is 9.82. The minimum Gasteiger partial charge on any atom is -0.393 e. The normalized spacial score (nSPS) is 24.7. The Kier molecular flexibility index (Phi) is 3.34. The second-order valence-electron chi connectivity index (χ2n) is 3.98. The molecule has 1 aliphatic rings. The molecule has 0 radical (unpaired) electrons. The van der Waals surface area contributed by atoms with E-state index in [4.69, 9.17) is 9.63 Å². The van der Waals surface area contributed by atoms with Crippen LogP contribution in [0.25, 0.3) is 0 Å². The molecule has 5 nitrogen and oxygen atoms in total. The summed E-state index contributed by atoms with van der Waals surface area (Å²) < 4.78 is 44.6. The molecule has 1 aromatic heterocycles. The number of hydrogen-bond donors (Lipinski definition) is 1. The molecule has 0 atom stereocenters. The molecule has 1 saturated carbocycles. The lowest BCUT2D eigenvalue weighted by Crippen LogP contribution is -2.26. The second kappa shape index (κ2) is 4.61. The van der Waals surface area contributed by atoms with Crippen LogP contribution in [0.3, 0.4) is 0 Å². The maximum absolute atomic E-state index is 11.8. The summed E-state index contributed by atoms with van der Waals surface area (Å²) in [5.74, 6) is 0.445. The Morgan fingerprint density at radius 2 is 2.12 bits per heavy atom. The van der Waals surface area contributed by atoms with E-state index in [0.717, 1.165) is 0 Å². The van der Waals surface area contributed by atoms with Crippen LogP contribution in [0.1, 0.15) is 30.5 Å². The van der Waals surface area contributed by atoms with Crippen molar-refractivity contribution in [3.8, 4) is 0 Å². The smallest absolute Gasteiger partial charge is 0.393 e. The highest BCUT2D eigenvalue weighted by Crippen LogP contribution is 2.35. The fourth-order valence-electron chi connectivity index (χ4n) is 1.54. The molecule has 1 aromatic rings. The van der Waals surface area contributed by atoms with Gasteiger partial charge >= 0.3 is 6.18 Å². The van der Waals surface area contributed by atoms with Crippen molar-refractivity contribution in [3.63, 3.8) is 0 Å². The number of halogens is 3. The second-order valence-corrected chi connectivity index (χ2v) is 3.98. The fourth-order valence-corrected chi connectivity index (χ4v) is 1.54. The predicted octanol–water partition coefficient (Wildman–Crippen LogP) is 1.39. The average molecular weight is 252 g/mol. The first-order valence-corrected chi connectivity index (χ1v) is 5.09. The number of rotatable bonds is 4. The number of aliphatic hydroxyl groups excluding tert-OH is 1. The van der Waals surface area contributed by atoms with Crippen molar-refractivity contribution >= 4 is 0 Å². The monoisotopic (exact) mass is 252 g/mol. The molecule has 0 amide bonds. The van der Waals surface area contributed by atoms with Gasteiger partial charge in [-0.1, -0.05) is 5.16 Å². The third-order valence-electron chi connectivity index (χ3n) is 2.44. The number of aliphatic hydroxyl groups is 1. The third-order valence-corrected chi connectivity index (χ3v) is 2.44. The molecule has 17 heavy (non-hydrogen) atoms. The molecule has 96 valence electrons. The molecule has 1 aliphatic carbocycles. The Balaban J connectivity index is 1.78. The molecule has 1 heterocycles. The molecule has 0 aromatic carbocycles. The van der Waals surface area contributed by atoms with Crippen molar-refractivity contribution in [2.45, 2.75) is 37.6 Å². The molecule has 2 rings (SSSR count). The highest BCUT2D eigenvalue weighted by Gasteiger charge is 2.33. The average Bonchev–Trinajstić information content (AvgIpc) is 2.59. The summed E-state index contributed by atoms with van der Waals surface area (Å²) in [6.07, 6.45) is -3.61. The first-order valence-electron chi connectivity index (χ1n) is 5.09. The van der Waals surface area contributed by atoms with Gasteiger partial charge in [-0.15, -0.1) is 0 Å². The minimum absolute atomic E-state index is 0.00821. The first kappa shape index (κ1) is 12.3. The maximum Gasteiger partial charge on any atom is 0.411 e. The van der Waals surface area contributed by atoms with E-state index in [1.54, 1.807) is 0 Å². The van der Waals surface area contributed by atoms with Crippen molar-refractivity contribution in [1.29, 1.82) is 0 Å². The zero-order valence-electron chi connectivity index (χ0n) is 8.78. The number of aromatic nitrogens is 2. The zero-order valence-corrected chi connectivity index (χ0v) is 8.78. The van der Waals surface area contributed by atoms with E-state index < -0.39 is 12.8 Å². The molecule has 0 unspecified atom stereocenters. The van der Waals surface area contributed by atoms with Crippen LogP contribution in [0.15, 0.2) is 4.52 Å². The lowest BCUT2D eigenvalue weighted by molar-refractivity contribution is -0.177. The van der Waals surface area contributed by atoms with Crippen LogP contribution in [0.5, 0.6) is 0 Å². The Morgan fingerprint density at radius 1 is 1.41 bits per heavy atom. The van der Waals surface area contributed by atoms with Gasteiger partial charge in [0.05, 0.1) is 6.10 Å². The summed E-state index contributed by atoms with van der Waals surface area (Å²) in [5, 5.41) is 12.6. The zero-order chi connectivity index (χ0) is 12.5. The van der Waals surface area contributed by atoms with E-state index in [9.17, 15) is 13.2 Å². The van der Waals surface area contributed by atoms with Gasteiger partial charge in [0.25, 0.3) is 0 Å². The highest BCUT2D eigenvalue weighted by molar-refractivity contribution is 5.01. The molecular weight excluding hydrogens is 241 g/mol. The van der Waals surface area contributed by atoms with Gasteiger partial charge in [-0.05, 0) is 12.8 Å². The van der Waals surface area contributed by atoms with E-state index in [2.05, 4.69) is 14.9 Å². The van der Waals surface area contributed by atoms with Crippen LogP contribution in [0.4, 0.5) is 13.2 Å². The standard InChI is InChI=1S/C9H11F3N2O3/c10-9(11,12)4-16-3-7-13-8(17-14-7)5-1-6(15)2-5/h5-6,15H,1-4H2. The topological polar surface area (TPSA) is 68.4 Å². The Labute approximate surface area is 94.6 Å². The summed E-state index contributed by atoms with van der Waals surface area (Å²) in [5.41, 5.74) is 0. The SMILES string of the molecule is OC1CC(c2nc(COCC(F)(F)F)no2)C1. The third kappa shape index (κ3) is 3.40. The van der Waals surface area contributed by atoms with Gasteiger partial charge in [0.15, 0.2) is 5.82 Å². The summed E-state index contributed by atoms with van der Waals surface area (Å²) in [6, 6.07) is 0. The number of hydrogen-bond acceptors (Lipinski definition) is 5. The van der Waals surface area contributed by atoms with Gasteiger partial charge in [-0.25, -0.2) is 0 Å². The van der Waals surface area contributed by atoms with Gasteiger partial charge < -0.3 is 14.4 Å². The first-order chi connectivity index (χ1) is 7.94. The van der Waals surface area contributed by atoms with E-state index >= 15 is 0 Å². The highest BCUT2D eigenvalue weighted by atomic mass is 19.4. The van der Waals surface area contributed by atoms with Gasteiger partial charge in [-0.3, -0.25) is 0 Å². The maximum atomic E-state index is 11.8. The lowest BCUT2D eigenvalue weighted by Gasteiger charge is -2.27. The van der Waals surface area contributed by atoms with E-state index in [1.165, 1.54) is 0 Å². The van der Waals surface area contributed by atoms with Gasteiger partial charge in [0, 0.05) is 5.92 Å². The fraction of sp³-hybridized carbons (Fsp3) is 0.778. The summed E-state index contributed by atoms with van der Waals surface area (Å²) in [4.78, 5) is 3.91. The Morgan fingerprint density at radius 3 is 2.71 bits per heavy atom. The van der Waals surface area contributed by atoms with Crippen molar-refractivity contribution in [2.24, 2.45) is 0 Å². The van der Waals surface area contributed by atoms with Crippen molar-refractivity contribution in [2.75, 3.05) is 6.61 Å². The van der Waals surface area contributed by atoms with Crippen LogP contribution in [-0.4, -0.2) is 34.1 Å². The number of alkyl halides is 3. The van der Waals surface area contributed by atoms with Crippen LogP contribution >= 0.6 is 0 Å². The van der Waals surface area contributed by atoms with Crippen LogP contribution < -0.4 is 0 Å². The van der Waals surface area contributed by atoms with Crippen LogP contribution in [-0.2, 0) is 11.3 Å². The number of ether oxygens (including phenoxy) is 1. The minimum atomic E-state index is -4.36. The molecule has 8 heteroatoms. The quantitative estimate of drug-likeness (QED) is 0.876. The molecule has 1 N–H and O–H groups in total. The van der Waals surface area contributed by atoms with Gasteiger partial charge in [-0.2, -0.15) is 18.2 Å². The summed E-state index contributed by atoms with van der Waals surface area (Å²) in [7, 11) is 0. The molecule has 1 fully saturated rings. The predicted molar refractivity (Wildman–Crippen MR) is 48.0 cm³/mol. The molecular formula is C9H11F3N2O3. The van der Waals surface area contributed by atoms with Gasteiger partial charge in [0.1, 0.15) is 13.2 Å².